The molecule has 1 aromatic carbocycles. The molecule has 0 saturated heterocycles. The minimum atomic E-state index is -0.441. The SMILES string of the molecule is CCCCCCC(C)Oc1ccc(N)c(C(=O)OC)c1. The molecule has 4 nitrogen and oxygen atoms in total. The number of nitrogens with two attached hydrogens (primary N) is 1. The van der Waals surface area contributed by atoms with E-state index in [-0.39, 0.29) is 6.10 Å². The molecule has 1 rings (SSSR count). The minimum Gasteiger partial charge on any atom is -0.491 e. The molecule has 1 atom stereocenters. The summed E-state index contributed by atoms with van der Waals surface area (Å²) < 4.78 is 10.5. The summed E-state index contributed by atoms with van der Waals surface area (Å²) in [5.41, 5.74) is 6.51. The fraction of sp³-hybridized carbons (Fsp3) is 0.562. The number of rotatable bonds is 8. The average molecular weight is 279 g/mol. The number of benzene rings is 1. The van der Waals surface area contributed by atoms with E-state index in [9.17, 15) is 4.79 Å². The van der Waals surface area contributed by atoms with Gasteiger partial charge in [-0.2, -0.15) is 0 Å². The van der Waals surface area contributed by atoms with Crippen LogP contribution >= 0.6 is 0 Å². The number of esters is 1. The van der Waals surface area contributed by atoms with Crippen LogP contribution < -0.4 is 10.5 Å². The van der Waals surface area contributed by atoms with Crippen molar-refractivity contribution in [3.05, 3.63) is 23.8 Å². The molecule has 20 heavy (non-hydrogen) atoms. The Kier molecular flexibility index (Phi) is 6.91. The molecule has 1 unspecified atom stereocenters. The first-order chi connectivity index (χ1) is 9.58. The Balaban J connectivity index is 2.57. The number of carbonyl (C=O) groups excluding carboxylic acids is 1. The summed E-state index contributed by atoms with van der Waals surface area (Å²) >= 11 is 0. The van der Waals surface area contributed by atoms with Crippen LogP contribution in [0.4, 0.5) is 5.69 Å². The number of anilines is 1. The summed E-state index contributed by atoms with van der Waals surface area (Å²) in [7, 11) is 1.34. The predicted molar refractivity (Wildman–Crippen MR) is 81.0 cm³/mol. The quantitative estimate of drug-likeness (QED) is 0.447. The number of methoxy groups -OCH3 is 1. The zero-order valence-electron chi connectivity index (χ0n) is 12.6. The maximum atomic E-state index is 11.6. The summed E-state index contributed by atoms with van der Waals surface area (Å²) in [5.74, 6) is 0.214. The van der Waals surface area contributed by atoms with Crippen molar-refractivity contribution in [2.24, 2.45) is 0 Å². The van der Waals surface area contributed by atoms with Crippen LogP contribution in [0.2, 0.25) is 0 Å². The molecule has 0 spiro atoms. The van der Waals surface area contributed by atoms with Gasteiger partial charge in [0.2, 0.25) is 0 Å². The lowest BCUT2D eigenvalue weighted by atomic mass is 10.1. The van der Waals surface area contributed by atoms with Gasteiger partial charge in [-0.3, -0.25) is 0 Å². The second kappa shape index (κ2) is 8.46. The maximum absolute atomic E-state index is 11.6. The first-order valence-corrected chi connectivity index (χ1v) is 7.23. The van der Waals surface area contributed by atoms with E-state index in [2.05, 4.69) is 6.92 Å². The van der Waals surface area contributed by atoms with Crippen LogP contribution in [-0.2, 0) is 4.74 Å². The van der Waals surface area contributed by atoms with Gasteiger partial charge >= 0.3 is 5.97 Å². The van der Waals surface area contributed by atoms with Crippen molar-refractivity contribution in [1.82, 2.24) is 0 Å². The van der Waals surface area contributed by atoms with Gasteiger partial charge in [0.25, 0.3) is 0 Å². The Morgan fingerprint density at radius 2 is 2.05 bits per heavy atom. The molecule has 0 fully saturated rings. The van der Waals surface area contributed by atoms with Gasteiger partial charge in [0, 0.05) is 5.69 Å². The highest BCUT2D eigenvalue weighted by Gasteiger charge is 2.12. The lowest BCUT2D eigenvalue weighted by molar-refractivity contribution is 0.0601. The molecule has 0 bridgehead atoms. The molecular formula is C16H25NO3. The van der Waals surface area contributed by atoms with E-state index in [0.29, 0.717) is 17.0 Å². The Morgan fingerprint density at radius 1 is 1.30 bits per heavy atom. The van der Waals surface area contributed by atoms with Crippen LogP contribution in [0.15, 0.2) is 18.2 Å². The van der Waals surface area contributed by atoms with Crippen molar-refractivity contribution >= 4 is 11.7 Å². The molecule has 0 amide bonds. The number of carbonyl (C=O) groups is 1. The van der Waals surface area contributed by atoms with Gasteiger partial charge in [0.1, 0.15) is 5.75 Å². The van der Waals surface area contributed by atoms with Crippen LogP contribution in [0.25, 0.3) is 0 Å². The van der Waals surface area contributed by atoms with Gasteiger partial charge in [-0.15, -0.1) is 0 Å². The molecule has 0 heterocycles. The molecule has 4 heteroatoms. The van der Waals surface area contributed by atoms with Crippen LogP contribution in [-0.4, -0.2) is 19.2 Å². The van der Waals surface area contributed by atoms with Gasteiger partial charge in [0.05, 0.1) is 18.8 Å². The Bertz CT molecular complexity index is 432. The van der Waals surface area contributed by atoms with Crippen molar-refractivity contribution in [2.45, 2.75) is 52.1 Å². The third-order valence-electron chi connectivity index (χ3n) is 3.23. The summed E-state index contributed by atoms with van der Waals surface area (Å²) in [4.78, 5) is 11.6. The third-order valence-corrected chi connectivity index (χ3v) is 3.23. The number of unbranched alkanes of at least 4 members (excludes halogenated alkanes) is 3. The molecule has 1 aromatic rings. The molecule has 0 saturated carbocycles. The number of hydrogen-bond acceptors (Lipinski definition) is 4. The van der Waals surface area contributed by atoms with Gasteiger partial charge < -0.3 is 15.2 Å². The highest BCUT2D eigenvalue weighted by atomic mass is 16.5. The standard InChI is InChI=1S/C16H25NO3/c1-4-5-6-7-8-12(2)20-13-9-10-15(17)14(11-13)16(18)19-3/h9-12H,4-8,17H2,1-3H3. The summed E-state index contributed by atoms with van der Waals surface area (Å²) in [6.45, 7) is 4.24. The first kappa shape index (κ1) is 16.3. The second-order valence-corrected chi connectivity index (χ2v) is 5.02. The zero-order valence-corrected chi connectivity index (χ0v) is 12.6. The zero-order chi connectivity index (χ0) is 15.0. The molecule has 0 aliphatic carbocycles. The third kappa shape index (κ3) is 5.11. The monoisotopic (exact) mass is 279 g/mol. The fourth-order valence-electron chi connectivity index (χ4n) is 2.05. The van der Waals surface area contributed by atoms with E-state index >= 15 is 0 Å². The van der Waals surface area contributed by atoms with Crippen LogP contribution in [0.3, 0.4) is 0 Å². The smallest absolute Gasteiger partial charge is 0.340 e. The Hall–Kier alpha value is -1.71. The van der Waals surface area contributed by atoms with Crippen molar-refractivity contribution in [3.63, 3.8) is 0 Å². The lowest BCUT2D eigenvalue weighted by Crippen LogP contribution is -2.13. The summed E-state index contributed by atoms with van der Waals surface area (Å²) in [6, 6.07) is 5.10. The van der Waals surface area contributed by atoms with E-state index in [1.807, 2.05) is 6.92 Å². The molecule has 0 aromatic heterocycles. The molecule has 2 N–H and O–H groups in total. The van der Waals surface area contributed by atoms with E-state index < -0.39 is 5.97 Å². The van der Waals surface area contributed by atoms with Crippen molar-refractivity contribution in [2.75, 3.05) is 12.8 Å². The number of hydrogen-bond donors (Lipinski definition) is 1. The van der Waals surface area contributed by atoms with Crippen LogP contribution in [0, 0.1) is 0 Å². The normalized spacial score (nSPS) is 11.9. The summed E-state index contributed by atoms with van der Waals surface area (Å²) in [6.07, 6.45) is 6.03. The van der Waals surface area contributed by atoms with E-state index in [1.165, 1.54) is 26.4 Å². The molecule has 112 valence electrons. The number of nitrogen functional groups attached to an aromatic ring is 1. The Morgan fingerprint density at radius 3 is 2.70 bits per heavy atom. The lowest BCUT2D eigenvalue weighted by Gasteiger charge is -2.15. The van der Waals surface area contributed by atoms with Gasteiger partial charge in [-0.1, -0.05) is 26.2 Å². The maximum Gasteiger partial charge on any atom is 0.340 e. The van der Waals surface area contributed by atoms with Gasteiger partial charge in [0.15, 0.2) is 0 Å². The second-order valence-electron chi connectivity index (χ2n) is 5.02. The molecular weight excluding hydrogens is 254 g/mol. The average Bonchev–Trinajstić information content (AvgIpc) is 2.45. The van der Waals surface area contributed by atoms with Gasteiger partial charge in [-0.25, -0.2) is 4.79 Å². The highest BCUT2D eigenvalue weighted by Crippen LogP contribution is 2.22. The summed E-state index contributed by atoms with van der Waals surface area (Å²) in [5, 5.41) is 0. The minimum absolute atomic E-state index is 0.126. The van der Waals surface area contributed by atoms with Crippen LogP contribution in [0.5, 0.6) is 5.75 Å². The van der Waals surface area contributed by atoms with Crippen molar-refractivity contribution in [1.29, 1.82) is 0 Å². The van der Waals surface area contributed by atoms with E-state index in [1.54, 1.807) is 18.2 Å². The Labute approximate surface area is 121 Å². The largest absolute Gasteiger partial charge is 0.491 e. The first-order valence-electron chi connectivity index (χ1n) is 7.23. The predicted octanol–water partition coefficient (Wildman–Crippen LogP) is 3.79. The van der Waals surface area contributed by atoms with Crippen LogP contribution in [0.1, 0.15) is 56.3 Å². The van der Waals surface area contributed by atoms with Gasteiger partial charge in [-0.05, 0) is 38.0 Å². The fourth-order valence-corrected chi connectivity index (χ4v) is 2.05. The van der Waals surface area contributed by atoms with Crippen molar-refractivity contribution in [3.8, 4) is 5.75 Å². The topological polar surface area (TPSA) is 61.5 Å². The van der Waals surface area contributed by atoms with E-state index in [4.69, 9.17) is 15.2 Å². The highest BCUT2D eigenvalue weighted by molar-refractivity contribution is 5.95. The van der Waals surface area contributed by atoms with Crippen molar-refractivity contribution < 1.29 is 14.3 Å². The molecule has 0 aliphatic heterocycles. The number of ether oxygens (including phenoxy) is 2. The molecule has 0 radical (unpaired) electrons. The van der Waals surface area contributed by atoms with E-state index in [0.717, 1.165) is 12.8 Å². The molecule has 0 aliphatic rings.